The van der Waals surface area contributed by atoms with E-state index in [2.05, 4.69) is 17.1 Å². The van der Waals surface area contributed by atoms with E-state index in [0.717, 1.165) is 42.2 Å². The van der Waals surface area contributed by atoms with Gasteiger partial charge in [-0.05, 0) is 72.7 Å². The summed E-state index contributed by atoms with van der Waals surface area (Å²) in [4.78, 5) is 18.7. The van der Waals surface area contributed by atoms with Gasteiger partial charge < -0.3 is 9.64 Å². The van der Waals surface area contributed by atoms with Gasteiger partial charge in [0.05, 0.1) is 17.7 Å². The molecule has 35 heavy (non-hydrogen) atoms. The maximum atomic E-state index is 13.6. The molecule has 4 nitrogen and oxygen atoms in total. The van der Waals surface area contributed by atoms with E-state index in [4.69, 9.17) is 4.74 Å². The highest BCUT2D eigenvalue weighted by Crippen LogP contribution is 2.33. The molecule has 0 aliphatic heterocycles. The summed E-state index contributed by atoms with van der Waals surface area (Å²) in [6.07, 6.45) is 6.15. The van der Waals surface area contributed by atoms with Gasteiger partial charge in [-0.3, -0.25) is 9.78 Å². The Morgan fingerprint density at radius 1 is 0.943 bits per heavy atom. The zero-order valence-electron chi connectivity index (χ0n) is 19.2. The number of amides is 1. The highest BCUT2D eigenvalue weighted by Gasteiger charge is 2.36. The quantitative estimate of drug-likeness (QED) is 0.338. The molecule has 1 unspecified atom stereocenters. The molecule has 1 heterocycles. The third-order valence-electron chi connectivity index (χ3n) is 6.03. The SMILES string of the molecule is O=C(c1ccccc1C(F)(F)F)N(Cc1ccncc1)Cc1ccc(OCC2CC=CCC2)cc1. The number of alkyl halides is 3. The van der Waals surface area contributed by atoms with Crippen molar-refractivity contribution in [2.75, 3.05) is 6.61 Å². The monoisotopic (exact) mass is 480 g/mol. The second-order valence-electron chi connectivity index (χ2n) is 8.67. The number of aromatic nitrogens is 1. The number of halogens is 3. The van der Waals surface area contributed by atoms with Crippen molar-refractivity contribution < 1.29 is 22.7 Å². The Morgan fingerprint density at radius 2 is 1.63 bits per heavy atom. The van der Waals surface area contributed by atoms with Crippen LogP contribution in [0.5, 0.6) is 5.75 Å². The summed E-state index contributed by atoms with van der Waals surface area (Å²) >= 11 is 0. The Morgan fingerprint density at radius 3 is 2.29 bits per heavy atom. The van der Waals surface area contributed by atoms with E-state index in [9.17, 15) is 18.0 Å². The molecule has 1 amide bonds. The molecule has 0 saturated heterocycles. The molecule has 1 atom stereocenters. The lowest BCUT2D eigenvalue weighted by Crippen LogP contribution is -2.31. The predicted molar refractivity (Wildman–Crippen MR) is 128 cm³/mol. The number of carbonyl (C=O) groups is 1. The molecule has 1 aliphatic rings. The lowest BCUT2D eigenvalue weighted by molar-refractivity contribution is -0.138. The number of hydrogen-bond acceptors (Lipinski definition) is 3. The molecule has 182 valence electrons. The van der Waals surface area contributed by atoms with Crippen LogP contribution in [0.3, 0.4) is 0 Å². The minimum absolute atomic E-state index is 0.154. The van der Waals surface area contributed by atoms with Gasteiger partial charge in [0.1, 0.15) is 5.75 Å². The third kappa shape index (κ3) is 6.72. The van der Waals surface area contributed by atoms with Gasteiger partial charge in [-0.2, -0.15) is 13.2 Å². The first-order valence-electron chi connectivity index (χ1n) is 11.6. The van der Waals surface area contributed by atoms with E-state index >= 15 is 0 Å². The van der Waals surface area contributed by atoms with Gasteiger partial charge in [-0.25, -0.2) is 0 Å². The second kappa shape index (κ2) is 11.2. The largest absolute Gasteiger partial charge is 0.493 e. The average Bonchev–Trinajstić information content (AvgIpc) is 2.88. The molecular formula is C28H27F3N2O2. The first-order valence-corrected chi connectivity index (χ1v) is 11.6. The lowest BCUT2D eigenvalue weighted by atomic mass is 9.95. The molecule has 0 radical (unpaired) electrons. The van der Waals surface area contributed by atoms with E-state index in [1.165, 1.54) is 23.1 Å². The van der Waals surface area contributed by atoms with E-state index < -0.39 is 17.6 Å². The number of rotatable bonds is 8. The Kier molecular flexibility index (Phi) is 7.85. The lowest BCUT2D eigenvalue weighted by Gasteiger charge is -2.25. The van der Waals surface area contributed by atoms with Crippen LogP contribution < -0.4 is 4.74 Å². The first-order chi connectivity index (χ1) is 16.9. The molecule has 0 N–H and O–H groups in total. The maximum Gasteiger partial charge on any atom is 0.417 e. The fourth-order valence-corrected chi connectivity index (χ4v) is 4.13. The molecule has 0 bridgehead atoms. The van der Waals surface area contributed by atoms with Crippen LogP contribution in [-0.4, -0.2) is 22.4 Å². The third-order valence-corrected chi connectivity index (χ3v) is 6.03. The van der Waals surface area contributed by atoms with Crippen molar-refractivity contribution in [3.63, 3.8) is 0 Å². The molecular weight excluding hydrogens is 453 g/mol. The topological polar surface area (TPSA) is 42.4 Å². The van der Waals surface area contributed by atoms with Crippen molar-refractivity contribution in [3.05, 3.63) is 107 Å². The van der Waals surface area contributed by atoms with E-state index in [0.29, 0.717) is 12.5 Å². The number of nitrogens with zero attached hydrogens (tertiary/aromatic N) is 2. The van der Waals surface area contributed by atoms with Crippen molar-refractivity contribution in [1.82, 2.24) is 9.88 Å². The molecule has 7 heteroatoms. The summed E-state index contributed by atoms with van der Waals surface area (Å²) in [7, 11) is 0. The standard InChI is InChI=1S/C28H27F3N2O2/c29-28(30,31)26-9-5-4-8-25(26)27(34)33(19-22-14-16-32-17-15-22)18-21-10-12-24(13-11-21)35-20-23-6-2-1-3-7-23/h1-2,4-5,8-17,23H,3,6-7,18-20H2. The maximum absolute atomic E-state index is 13.6. The van der Waals surface area contributed by atoms with Gasteiger partial charge in [0.2, 0.25) is 0 Å². The van der Waals surface area contributed by atoms with Gasteiger partial charge in [0, 0.05) is 25.5 Å². The van der Waals surface area contributed by atoms with Gasteiger partial charge >= 0.3 is 6.18 Å². The number of ether oxygens (including phenoxy) is 1. The summed E-state index contributed by atoms with van der Waals surface area (Å²) in [6, 6.07) is 15.8. The molecule has 0 saturated carbocycles. The van der Waals surface area contributed by atoms with Gasteiger partial charge in [-0.15, -0.1) is 0 Å². The summed E-state index contributed by atoms with van der Waals surface area (Å²) in [6.45, 7) is 0.951. The van der Waals surface area contributed by atoms with Gasteiger partial charge in [0.25, 0.3) is 5.91 Å². The number of benzene rings is 2. The molecule has 3 aromatic rings. The molecule has 2 aromatic carbocycles. The smallest absolute Gasteiger partial charge is 0.417 e. The average molecular weight is 481 g/mol. The van der Waals surface area contributed by atoms with E-state index in [1.807, 2.05) is 24.3 Å². The van der Waals surface area contributed by atoms with Crippen molar-refractivity contribution in [2.45, 2.75) is 38.5 Å². The van der Waals surface area contributed by atoms with Crippen LogP contribution in [0, 0.1) is 5.92 Å². The fourth-order valence-electron chi connectivity index (χ4n) is 4.13. The van der Waals surface area contributed by atoms with Crippen LogP contribution in [0.2, 0.25) is 0 Å². The van der Waals surface area contributed by atoms with Crippen LogP contribution in [0.4, 0.5) is 13.2 Å². The van der Waals surface area contributed by atoms with Crippen molar-refractivity contribution in [2.24, 2.45) is 5.92 Å². The van der Waals surface area contributed by atoms with E-state index in [1.54, 1.807) is 24.5 Å². The summed E-state index contributed by atoms with van der Waals surface area (Å²) in [5.74, 6) is 0.556. The van der Waals surface area contributed by atoms with Crippen molar-refractivity contribution in [1.29, 1.82) is 0 Å². The van der Waals surface area contributed by atoms with Crippen LogP contribution in [-0.2, 0) is 19.3 Å². The van der Waals surface area contributed by atoms with E-state index in [-0.39, 0.29) is 18.7 Å². The molecule has 4 rings (SSSR count). The number of carbonyl (C=O) groups excluding carboxylic acids is 1. The fraction of sp³-hybridized carbons (Fsp3) is 0.286. The molecule has 0 fully saturated rings. The Balaban J connectivity index is 1.51. The number of pyridine rings is 1. The van der Waals surface area contributed by atoms with Crippen LogP contribution in [0.25, 0.3) is 0 Å². The van der Waals surface area contributed by atoms with Crippen molar-refractivity contribution in [3.8, 4) is 5.75 Å². The summed E-state index contributed by atoms with van der Waals surface area (Å²) in [5, 5.41) is 0. The normalized spacial score (nSPS) is 15.6. The number of allylic oxidation sites excluding steroid dienone is 2. The Bertz CT molecular complexity index is 1140. The highest BCUT2D eigenvalue weighted by atomic mass is 19.4. The highest BCUT2D eigenvalue weighted by molar-refractivity contribution is 5.95. The molecule has 1 aliphatic carbocycles. The molecule has 1 aromatic heterocycles. The minimum atomic E-state index is -4.62. The van der Waals surface area contributed by atoms with Crippen LogP contribution >= 0.6 is 0 Å². The summed E-state index contributed by atoms with van der Waals surface area (Å²) < 4.78 is 46.7. The van der Waals surface area contributed by atoms with Crippen LogP contribution in [0.15, 0.2) is 85.2 Å². The zero-order chi connectivity index (χ0) is 24.7. The zero-order valence-corrected chi connectivity index (χ0v) is 19.2. The Hall–Kier alpha value is -3.61. The Labute approximate surface area is 203 Å². The predicted octanol–water partition coefficient (Wildman–Crippen LogP) is 6.68. The van der Waals surface area contributed by atoms with Crippen molar-refractivity contribution >= 4 is 5.91 Å². The van der Waals surface area contributed by atoms with Crippen LogP contribution in [0.1, 0.15) is 46.3 Å². The summed E-state index contributed by atoms with van der Waals surface area (Å²) in [5.41, 5.74) is 0.269. The first kappa shape index (κ1) is 24.5. The molecule has 0 spiro atoms. The minimum Gasteiger partial charge on any atom is -0.493 e. The van der Waals surface area contributed by atoms with Gasteiger partial charge in [-0.1, -0.05) is 36.4 Å². The van der Waals surface area contributed by atoms with Gasteiger partial charge in [0.15, 0.2) is 0 Å². The second-order valence-corrected chi connectivity index (χ2v) is 8.67. The number of hydrogen-bond donors (Lipinski definition) is 0.